The molecule has 1 N–H and O–H groups in total. The van der Waals surface area contributed by atoms with Crippen LogP contribution in [0, 0.1) is 0 Å². The molecule has 0 radical (unpaired) electrons. The monoisotopic (exact) mass is 321 g/mol. The van der Waals surface area contributed by atoms with Gasteiger partial charge in [0.2, 0.25) is 0 Å². The molecule has 0 saturated carbocycles. The van der Waals surface area contributed by atoms with E-state index in [0.29, 0.717) is 5.02 Å². The molecule has 0 spiro atoms. The third-order valence-corrected chi connectivity index (χ3v) is 3.19. The minimum atomic E-state index is -4.58. The Hall–Kier alpha value is -1.30. The van der Waals surface area contributed by atoms with Gasteiger partial charge < -0.3 is 5.11 Å². The minimum Gasteiger partial charge on any atom is -0.392 e. The maximum atomic E-state index is 12.7. The maximum absolute atomic E-state index is 12.7. The number of aliphatic hydroxyl groups excluding tert-OH is 1. The molecule has 2 aromatic rings. The van der Waals surface area contributed by atoms with Crippen LogP contribution >= 0.6 is 23.2 Å². The molecule has 2 nitrogen and oxygen atoms in total. The summed E-state index contributed by atoms with van der Waals surface area (Å²) in [6, 6.07) is 6.36. The van der Waals surface area contributed by atoms with Gasteiger partial charge in [0.05, 0.1) is 17.3 Å². The predicted octanol–water partition coefficient (Wildman–Crippen LogP) is 4.57. The Morgan fingerprint density at radius 1 is 1.10 bits per heavy atom. The lowest BCUT2D eigenvalue weighted by Gasteiger charge is -2.12. The molecule has 2 rings (SSSR count). The van der Waals surface area contributed by atoms with Crippen molar-refractivity contribution in [3.05, 3.63) is 51.6 Å². The second kappa shape index (κ2) is 5.60. The second-order valence-corrected chi connectivity index (χ2v) is 4.83. The molecule has 7 heteroatoms. The molecule has 1 aromatic carbocycles. The zero-order valence-electron chi connectivity index (χ0n) is 9.88. The summed E-state index contributed by atoms with van der Waals surface area (Å²) in [7, 11) is 0. The lowest BCUT2D eigenvalue weighted by Crippen LogP contribution is -2.09. The lowest BCUT2D eigenvalue weighted by atomic mass is 10.1. The van der Waals surface area contributed by atoms with E-state index in [0.717, 1.165) is 6.07 Å². The summed E-state index contributed by atoms with van der Waals surface area (Å²) < 4.78 is 38.1. The Morgan fingerprint density at radius 3 is 2.40 bits per heavy atom. The van der Waals surface area contributed by atoms with Crippen molar-refractivity contribution in [3.63, 3.8) is 0 Å². The summed E-state index contributed by atoms with van der Waals surface area (Å²) in [6.07, 6.45) is -4.58. The molecule has 0 unspecified atom stereocenters. The Labute approximate surface area is 122 Å². The second-order valence-electron chi connectivity index (χ2n) is 3.98. The van der Waals surface area contributed by atoms with Crippen molar-refractivity contribution >= 4 is 23.2 Å². The number of aromatic nitrogens is 1. The van der Waals surface area contributed by atoms with E-state index in [1.54, 1.807) is 0 Å². The van der Waals surface area contributed by atoms with Gasteiger partial charge in [-0.1, -0.05) is 29.3 Å². The highest BCUT2D eigenvalue weighted by atomic mass is 35.5. The van der Waals surface area contributed by atoms with Gasteiger partial charge in [-0.2, -0.15) is 13.2 Å². The van der Waals surface area contributed by atoms with Crippen LogP contribution in [0.1, 0.15) is 11.3 Å². The van der Waals surface area contributed by atoms with E-state index < -0.39 is 18.5 Å². The van der Waals surface area contributed by atoms with Gasteiger partial charge in [-0.05, 0) is 24.3 Å². The highest BCUT2D eigenvalue weighted by molar-refractivity contribution is 6.35. The summed E-state index contributed by atoms with van der Waals surface area (Å²) in [5, 5.41) is 9.75. The van der Waals surface area contributed by atoms with Gasteiger partial charge in [0.1, 0.15) is 5.69 Å². The number of alkyl halides is 3. The number of pyridine rings is 1. The first-order valence-corrected chi connectivity index (χ1v) is 6.22. The molecule has 1 aromatic heterocycles. The van der Waals surface area contributed by atoms with Gasteiger partial charge in [-0.3, -0.25) is 0 Å². The van der Waals surface area contributed by atoms with E-state index in [4.69, 9.17) is 23.2 Å². The number of nitrogens with zero attached hydrogens (tertiary/aromatic N) is 1. The number of aliphatic hydroxyl groups is 1. The molecular formula is C13H8Cl2F3NO. The van der Waals surface area contributed by atoms with Crippen LogP contribution in [0.2, 0.25) is 10.0 Å². The third-order valence-electron chi connectivity index (χ3n) is 2.62. The van der Waals surface area contributed by atoms with Crippen LogP contribution in [0.3, 0.4) is 0 Å². The third kappa shape index (κ3) is 3.06. The molecule has 0 aliphatic rings. The molecule has 0 aliphatic heterocycles. The SMILES string of the molecule is OCc1ccc(C(F)(F)F)nc1-c1cc(Cl)ccc1Cl. The minimum absolute atomic E-state index is 0.0326. The predicted molar refractivity (Wildman–Crippen MR) is 70.6 cm³/mol. The first-order chi connectivity index (χ1) is 9.32. The Kier molecular flexibility index (Phi) is 4.22. The van der Waals surface area contributed by atoms with E-state index in [9.17, 15) is 18.3 Å². The van der Waals surface area contributed by atoms with E-state index in [1.807, 2.05) is 0 Å². The summed E-state index contributed by atoms with van der Waals surface area (Å²) in [4.78, 5) is 3.56. The van der Waals surface area contributed by atoms with E-state index in [-0.39, 0.29) is 21.8 Å². The van der Waals surface area contributed by atoms with Crippen molar-refractivity contribution < 1.29 is 18.3 Å². The summed E-state index contributed by atoms with van der Waals surface area (Å²) >= 11 is 11.8. The highest BCUT2D eigenvalue weighted by Crippen LogP contribution is 2.35. The molecule has 0 fully saturated rings. The standard InChI is InChI=1S/C13H8Cl2F3NO/c14-8-2-3-10(15)9(5-8)12-7(6-20)1-4-11(19-12)13(16,17)18/h1-5,20H,6H2. The lowest BCUT2D eigenvalue weighted by molar-refractivity contribution is -0.141. The fourth-order valence-electron chi connectivity index (χ4n) is 1.69. The average Bonchev–Trinajstić information content (AvgIpc) is 2.40. The molecule has 1 heterocycles. The van der Waals surface area contributed by atoms with Gasteiger partial charge >= 0.3 is 6.18 Å². The number of benzene rings is 1. The van der Waals surface area contributed by atoms with E-state index in [2.05, 4.69) is 4.98 Å². The van der Waals surface area contributed by atoms with Crippen LogP contribution in [0.4, 0.5) is 13.2 Å². The summed E-state index contributed by atoms with van der Waals surface area (Å²) in [5.41, 5.74) is -0.605. The Balaban J connectivity index is 2.67. The number of halogens is 5. The molecular weight excluding hydrogens is 314 g/mol. The van der Waals surface area contributed by atoms with Gasteiger partial charge in [0.25, 0.3) is 0 Å². The van der Waals surface area contributed by atoms with Crippen molar-refractivity contribution in [1.29, 1.82) is 0 Å². The fourth-order valence-corrected chi connectivity index (χ4v) is 2.06. The van der Waals surface area contributed by atoms with Crippen LogP contribution in [0.15, 0.2) is 30.3 Å². The van der Waals surface area contributed by atoms with Gasteiger partial charge in [-0.15, -0.1) is 0 Å². The molecule has 0 bridgehead atoms. The highest BCUT2D eigenvalue weighted by Gasteiger charge is 2.33. The van der Waals surface area contributed by atoms with Crippen LogP contribution in [-0.4, -0.2) is 10.1 Å². The zero-order chi connectivity index (χ0) is 14.9. The Morgan fingerprint density at radius 2 is 1.80 bits per heavy atom. The van der Waals surface area contributed by atoms with Crippen LogP contribution in [-0.2, 0) is 12.8 Å². The number of hydrogen-bond acceptors (Lipinski definition) is 2. The molecule has 0 atom stereocenters. The topological polar surface area (TPSA) is 33.1 Å². The maximum Gasteiger partial charge on any atom is 0.433 e. The van der Waals surface area contributed by atoms with E-state index in [1.165, 1.54) is 24.3 Å². The largest absolute Gasteiger partial charge is 0.433 e. The van der Waals surface area contributed by atoms with Crippen LogP contribution in [0.5, 0.6) is 0 Å². The molecule has 0 aliphatic carbocycles. The molecule has 0 saturated heterocycles. The Bertz CT molecular complexity index is 644. The number of hydrogen-bond donors (Lipinski definition) is 1. The zero-order valence-corrected chi connectivity index (χ0v) is 11.4. The van der Waals surface area contributed by atoms with Crippen LogP contribution in [0.25, 0.3) is 11.3 Å². The quantitative estimate of drug-likeness (QED) is 0.879. The summed E-state index contributed by atoms with van der Waals surface area (Å²) in [6.45, 7) is -0.455. The summed E-state index contributed by atoms with van der Waals surface area (Å²) in [5.74, 6) is 0. The van der Waals surface area contributed by atoms with Crippen LogP contribution < -0.4 is 0 Å². The number of rotatable bonds is 2. The normalized spacial score (nSPS) is 11.7. The smallest absolute Gasteiger partial charge is 0.392 e. The molecule has 20 heavy (non-hydrogen) atoms. The van der Waals surface area contributed by atoms with Crippen molar-refractivity contribution in [2.75, 3.05) is 0 Å². The van der Waals surface area contributed by atoms with Gasteiger partial charge in [-0.25, -0.2) is 4.98 Å². The van der Waals surface area contributed by atoms with Gasteiger partial charge in [0.15, 0.2) is 0 Å². The van der Waals surface area contributed by atoms with E-state index >= 15 is 0 Å². The van der Waals surface area contributed by atoms with Gasteiger partial charge in [0, 0.05) is 16.1 Å². The van der Waals surface area contributed by atoms with Crippen molar-refractivity contribution in [3.8, 4) is 11.3 Å². The first kappa shape index (κ1) is 15.1. The van der Waals surface area contributed by atoms with Crippen molar-refractivity contribution in [2.24, 2.45) is 0 Å². The average molecular weight is 322 g/mol. The van der Waals surface area contributed by atoms with Crippen molar-refractivity contribution in [1.82, 2.24) is 4.98 Å². The fraction of sp³-hybridized carbons (Fsp3) is 0.154. The van der Waals surface area contributed by atoms with Crippen molar-refractivity contribution in [2.45, 2.75) is 12.8 Å². The molecule has 106 valence electrons. The molecule has 0 amide bonds. The first-order valence-electron chi connectivity index (χ1n) is 5.46.